The molecule has 0 unspecified atom stereocenters. The molecule has 0 atom stereocenters. The average Bonchev–Trinajstić information content (AvgIpc) is 2.75. The van der Waals surface area contributed by atoms with Gasteiger partial charge in [-0.1, -0.05) is 50.2 Å². The number of carbonyl (C=O) groups excluding carboxylic acids is 2. The molecule has 0 aromatic heterocycles. The van der Waals surface area contributed by atoms with Gasteiger partial charge in [0.1, 0.15) is 11.5 Å². The van der Waals surface area contributed by atoms with Crippen LogP contribution >= 0.6 is 0 Å². The molecule has 0 radical (unpaired) electrons. The summed E-state index contributed by atoms with van der Waals surface area (Å²) in [5.74, 6) is 1.00. The molecule has 0 saturated carbocycles. The summed E-state index contributed by atoms with van der Waals surface area (Å²) in [5.41, 5.74) is 7.08. The fourth-order valence-corrected chi connectivity index (χ4v) is 4.26. The van der Waals surface area contributed by atoms with Crippen molar-refractivity contribution in [3.8, 4) is 11.5 Å². The normalized spacial score (nSPS) is 11.3. The lowest BCUT2D eigenvalue weighted by atomic mass is 9.76. The Balaban J connectivity index is 1.92. The minimum Gasteiger partial charge on any atom is -0.496 e. The van der Waals surface area contributed by atoms with Crippen molar-refractivity contribution in [2.45, 2.75) is 53.9 Å². The molecule has 0 spiro atoms. The first kappa shape index (κ1) is 24.2. The molecule has 0 fully saturated rings. The number of Topliss-reactive ketones (excluding diaryl/α,β-unsaturated/α-hetero) is 1. The highest BCUT2D eigenvalue weighted by Gasteiger charge is 2.26. The summed E-state index contributed by atoms with van der Waals surface area (Å²) in [4.78, 5) is 24.2. The van der Waals surface area contributed by atoms with Gasteiger partial charge in [-0.3, -0.25) is 4.79 Å². The molecule has 172 valence electrons. The average molecular weight is 445 g/mol. The molecule has 0 aliphatic rings. The number of methoxy groups -OCH3 is 1. The second kappa shape index (κ2) is 9.22. The molecule has 3 aromatic rings. The van der Waals surface area contributed by atoms with Crippen molar-refractivity contribution in [3.05, 3.63) is 93.0 Å². The molecule has 33 heavy (non-hydrogen) atoms. The Morgan fingerprint density at radius 2 is 1.09 bits per heavy atom. The van der Waals surface area contributed by atoms with E-state index in [1.165, 1.54) is 12.5 Å². The number of ether oxygens (including phenoxy) is 2. The number of benzene rings is 3. The van der Waals surface area contributed by atoms with Crippen molar-refractivity contribution in [3.63, 3.8) is 0 Å². The quantitative estimate of drug-likeness (QED) is 0.242. The molecular weight excluding hydrogens is 412 g/mol. The number of hydrogen-bond donors (Lipinski definition) is 0. The van der Waals surface area contributed by atoms with E-state index in [0.717, 1.165) is 33.6 Å². The molecule has 0 aliphatic heterocycles. The van der Waals surface area contributed by atoms with Gasteiger partial charge >= 0.3 is 5.97 Å². The van der Waals surface area contributed by atoms with E-state index < -0.39 is 5.97 Å². The highest BCUT2D eigenvalue weighted by molar-refractivity contribution is 5.96. The molecule has 0 amide bonds. The lowest BCUT2D eigenvalue weighted by molar-refractivity contribution is 0.0731. The number of aryl methyl sites for hydroxylation is 4. The summed E-state index contributed by atoms with van der Waals surface area (Å²) in [6.45, 7) is 13.9. The zero-order valence-electron chi connectivity index (χ0n) is 20.8. The monoisotopic (exact) mass is 444 g/mol. The number of hydrogen-bond acceptors (Lipinski definition) is 4. The van der Waals surface area contributed by atoms with Crippen molar-refractivity contribution in [1.82, 2.24) is 0 Å². The summed E-state index contributed by atoms with van der Waals surface area (Å²) in [6.07, 6.45) is 0. The van der Waals surface area contributed by atoms with Gasteiger partial charge in [0, 0.05) is 11.0 Å². The summed E-state index contributed by atoms with van der Waals surface area (Å²) < 4.78 is 11.3. The molecule has 0 heterocycles. The second-order valence-corrected chi connectivity index (χ2v) is 9.23. The van der Waals surface area contributed by atoms with Crippen molar-refractivity contribution >= 4 is 11.8 Å². The van der Waals surface area contributed by atoms with Crippen LogP contribution in [0.5, 0.6) is 11.5 Å². The van der Waals surface area contributed by atoms with Crippen LogP contribution in [0, 0.1) is 27.7 Å². The standard InChI is InChI=1S/C29H32O4/c1-17-13-24(14-18(2)26(17)32-8)29(6,7)25-15-19(3)27(20(4)16-25)33-28(31)23-11-9-22(10-12-23)21(5)30/h9-16H,1-8H3. The van der Waals surface area contributed by atoms with Crippen LogP contribution in [0.2, 0.25) is 0 Å². The largest absolute Gasteiger partial charge is 0.496 e. The van der Waals surface area contributed by atoms with E-state index in [4.69, 9.17) is 9.47 Å². The van der Waals surface area contributed by atoms with E-state index in [1.807, 2.05) is 13.8 Å². The SMILES string of the molecule is COc1c(C)cc(C(C)(C)c2cc(C)c(OC(=O)c3ccc(C(C)=O)cc3)c(C)c2)cc1C. The maximum absolute atomic E-state index is 12.7. The van der Waals surface area contributed by atoms with Gasteiger partial charge in [0.2, 0.25) is 0 Å². The van der Waals surface area contributed by atoms with Gasteiger partial charge in [-0.2, -0.15) is 0 Å². The Morgan fingerprint density at radius 1 is 0.697 bits per heavy atom. The second-order valence-electron chi connectivity index (χ2n) is 9.23. The molecule has 0 N–H and O–H groups in total. The van der Waals surface area contributed by atoms with E-state index in [2.05, 4.69) is 52.0 Å². The maximum atomic E-state index is 12.7. The molecule has 4 heteroatoms. The molecule has 0 bridgehead atoms. The van der Waals surface area contributed by atoms with Crippen LogP contribution in [0.25, 0.3) is 0 Å². The molecular formula is C29H32O4. The van der Waals surface area contributed by atoms with Gasteiger partial charge in [-0.05, 0) is 80.1 Å². The Labute approximate surface area is 196 Å². The topological polar surface area (TPSA) is 52.6 Å². The van der Waals surface area contributed by atoms with Crippen LogP contribution in [0.4, 0.5) is 0 Å². The Bertz CT molecular complexity index is 1170. The Morgan fingerprint density at radius 3 is 1.48 bits per heavy atom. The van der Waals surface area contributed by atoms with E-state index >= 15 is 0 Å². The number of ketones is 1. The van der Waals surface area contributed by atoms with Crippen LogP contribution in [0.3, 0.4) is 0 Å². The summed E-state index contributed by atoms with van der Waals surface area (Å²) >= 11 is 0. The van der Waals surface area contributed by atoms with Crippen LogP contribution in [0.15, 0.2) is 48.5 Å². The number of rotatable bonds is 6. The van der Waals surface area contributed by atoms with Crippen LogP contribution in [0.1, 0.15) is 74.9 Å². The fraction of sp³-hybridized carbons (Fsp3) is 0.310. The summed E-state index contributed by atoms with van der Waals surface area (Å²) in [7, 11) is 1.70. The molecule has 4 nitrogen and oxygen atoms in total. The Kier molecular flexibility index (Phi) is 6.78. The van der Waals surface area contributed by atoms with Gasteiger partial charge in [0.25, 0.3) is 0 Å². The molecule has 0 aliphatic carbocycles. The van der Waals surface area contributed by atoms with E-state index in [1.54, 1.807) is 31.4 Å². The number of carbonyl (C=O) groups is 2. The third kappa shape index (κ3) is 4.85. The fourth-order valence-electron chi connectivity index (χ4n) is 4.26. The predicted molar refractivity (Wildman–Crippen MR) is 132 cm³/mol. The van der Waals surface area contributed by atoms with E-state index in [0.29, 0.717) is 16.9 Å². The molecule has 0 saturated heterocycles. The highest BCUT2D eigenvalue weighted by atomic mass is 16.5. The number of esters is 1. The van der Waals surface area contributed by atoms with Gasteiger partial charge < -0.3 is 9.47 Å². The first-order valence-electron chi connectivity index (χ1n) is 11.1. The predicted octanol–water partition coefficient (Wildman–Crippen LogP) is 6.68. The van der Waals surface area contributed by atoms with Gasteiger partial charge in [0.05, 0.1) is 12.7 Å². The maximum Gasteiger partial charge on any atom is 0.343 e. The van der Waals surface area contributed by atoms with Gasteiger partial charge in [-0.25, -0.2) is 4.79 Å². The van der Waals surface area contributed by atoms with Crippen LogP contribution < -0.4 is 9.47 Å². The third-order valence-corrected chi connectivity index (χ3v) is 6.29. The third-order valence-electron chi connectivity index (χ3n) is 6.29. The highest BCUT2D eigenvalue weighted by Crippen LogP contribution is 2.38. The first-order valence-corrected chi connectivity index (χ1v) is 11.1. The van der Waals surface area contributed by atoms with Gasteiger partial charge in [-0.15, -0.1) is 0 Å². The van der Waals surface area contributed by atoms with Gasteiger partial charge in [0.15, 0.2) is 5.78 Å². The van der Waals surface area contributed by atoms with Crippen molar-refractivity contribution < 1.29 is 19.1 Å². The van der Waals surface area contributed by atoms with Crippen molar-refractivity contribution in [1.29, 1.82) is 0 Å². The molecule has 3 aromatic carbocycles. The Hall–Kier alpha value is -3.40. The van der Waals surface area contributed by atoms with E-state index in [9.17, 15) is 9.59 Å². The smallest absolute Gasteiger partial charge is 0.343 e. The van der Waals surface area contributed by atoms with E-state index in [-0.39, 0.29) is 11.2 Å². The van der Waals surface area contributed by atoms with Crippen molar-refractivity contribution in [2.75, 3.05) is 7.11 Å². The van der Waals surface area contributed by atoms with Crippen LogP contribution in [-0.4, -0.2) is 18.9 Å². The minimum atomic E-state index is -0.440. The minimum absolute atomic E-state index is 0.0398. The lowest BCUT2D eigenvalue weighted by Crippen LogP contribution is -2.20. The lowest BCUT2D eigenvalue weighted by Gasteiger charge is -2.29. The zero-order valence-corrected chi connectivity index (χ0v) is 20.8. The summed E-state index contributed by atoms with van der Waals surface area (Å²) in [6, 6.07) is 15.0. The zero-order chi connectivity index (χ0) is 24.5. The molecule has 3 rings (SSSR count). The summed E-state index contributed by atoms with van der Waals surface area (Å²) in [5, 5.41) is 0. The van der Waals surface area contributed by atoms with Crippen molar-refractivity contribution in [2.24, 2.45) is 0 Å². The first-order chi connectivity index (χ1) is 15.4. The van der Waals surface area contributed by atoms with Crippen LogP contribution in [-0.2, 0) is 5.41 Å².